The maximum Gasteiger partial charge on any atom is 0.488 e. The highest BCUT2D eigenvalue weighted by Gasteiger charge is 2.12. The molecule has 178 valence electrons. The first-order valence-corrected chi connectivity index (χ1v) is 13.2. The number of thioether (sulfide) groups is 1. The molecule has 2 aromatic rings. The van der Waals surface area contributed by atoms with E-state index in [-0.39, 0.29) is 5.78 Å². The number of hydrogen-bond acceptors (Lipinski definition) is 5. The van der Waals surface area contributed by atoms with Crippen LogP contribution in [0, 0.1) is 0 Å². The van der Waals surface area contributed by atoms with Gasteiger partial charge in [-0.1, -0.05) is 94.0 Å². The van der Waals surface area contributed by atoms with E-state index in [0.717, 1.165) is 36.5 Å². The van der Waals surface area contributed by atoms with Gasteiger partial charge in [-0.3, -0.25) is 4.79 Å². The third-order valence-electron chi connectivity index (χ3n) is 5.58. The lowest BCUT2D eigenvalue weighted by atomic mass is 9.80. The zero-order chi connectivity index (χ0) is 23.7. The van der Waals surface area contributed by atoms with Crippen LogP contribution in [0.4, 0.5) is 0 Å². The third-order valence-corrected chi connectivity index (χ3v) is 6.63. The first kappa shape index (κ1) is 27.2. The summed E-state index contributed by atoms with van der Waals surface area (Å²) in [5.74, 6) is 2.51. The van der Waals surface area contributed by atoms with Gasteiger partial charge in [-0.05, 0) is 41.8 Å². The summed E-state index contributed by atoms with van der Waals surface area (Å²) in [5.41, 5.74) is 2.14. The van der Waals surface area contributed by atoms with Crippen LogP contribution in [0.15, 0.2) is 55.1 Å². The fourth-order valence-electron chi connectivity index (χ4n) is 3.52. The van der Waals surface area contributed by atoms with Crippen molar-refractivity contribution in [2.45, 2.75) is 57.8 Å². The predicted octanol–water partition coefficient (Wildman–Crippen LogP) is 5.52. The van der Waals surface area contributed by atoms with E-state index in [1.165, 1.54) is 44.9 Å². The van der Waals surface area contributed by atoms with Crippen molar-refractivity contribution in [3.05, 3.63) is 66.2 Å². The Balaban J connectivity index is 1.36. The predicted molar refractivity (Wildman–Crippen MR) is 142 cm³/mol. The van der Waals surface area contributed by atoms with Gasteiger partial charge in [-0.2, -0.15) is 11.8 Å². The van der Waals surface area contributed by atoms with E-state index < -0.39 is 7.12 Å². The average molecular weight is 468 g/mol. The Kier molecular flexibility index (Phi) is 13.7. The van der Waals surface area contributed by atoms with Gasteiger partial charge in [0.05, 0.1) is 12.4 Å². The van der Waals surface area contributed by atoms with Gasteiger partial charge in [-0.25, -0.2) is 0 Å². The molecule has 0 aliphatic heterocycles. The number of carbonyl (C=O) groups excluding carboxylic acids is 1. The maximum absolute atomic E-state index is 12.2. The molecule has 0 saturated carbocycles. The summed E-state index contributed by atoms with van der Waals surface area (Å²) in [7, 11) is -1.49. The Morgan fingerprint density at radius 2 is 1.42 bits per heavy atom. The number of ketones is 1. The van der Waals surface area contributed by atoms with Gasteiger partial charge in [0.15, 0.2) is 5.78 Å². The first-order valence-electron chi connectivity index (χ1n) is 12.0. The van der Waals surface area contributed by atoms with Crippen LogP contribution in [0.25, 0.3) is 6.08 Å². The fourth-order valence-corrected chi connectivity index (χ4v) is 4.43. The van der Waals surface area contributed by atoms with Gasteiger partial charge < -0.3 is 14.8 Å². The summed E-state index contributed by atoms with van der Waals surface area (Å²) < 4.78 is 5.77. The summed E-state index contributed by atoms with van der Waals surface area (Å²) in [5, 5.41) is 18.2. The lowest BCUT2D eigenvalue weighted by molar-refractivity contribution is 0.102. The van der Waals surface area contributed by atoms with Crippen LogP contribution >= 0.6 is 11.8 Å². The Morgan fingerprint density at radius 3 is 2.00 bits per heavy atom. The molecule has 2 aromatic carbocycles. The molecule has 0 aromatic heterocycles. The third kappa shape index (κ3) is 11.6. The number of carbonyl (C=O) groups is 1. The summed E-state index contributed by atoms with van der Waals surface area (Å²) >= 11 is 1.68. The minimum Gasteiger partial charge on any atom is -0.494 e. The Bertz CT molecular complexity index is 806. The summed E-state index contributed by atoms with van der Waals surface area (Å²) in [6.45, 7) is 4.54. The van der Waals surface area contributed by atoms with Gasteiger partial charge in [0, 0.05) is 5.56 Å². The van der Waals surface area contributed by atoms with Crippen LogP contribution in [0.2, 0.25) is 0 Å². The van der Waals surface area contributed by atoms with Crippen LogP contribution in [-0.4, -0.2) is 41.1 Å². The maximum atomic E-state index is 12.2. The Hall–Kier alpha value is -2.02. The molecule has 2 N–H and O–H groups in total. The molecule has 33 heavy (non-hydrogen) atoms. The molecule has 0 saturated heterocycles. The molecule has 4 nitrogen and oxygen atoms in total. The summed E-state index contributed by atoms with van der Waals surface area (Å²) in [6, 6.07) is 14.5. The van der Waals surface area contributed by atoms with Crippen molar-refractivity contribution in [3.8, 4) is 5.75 Å². The fraction of sp³-hybridized carbons (Fsp3) is 0.444. The largest absolute Gasteiger partial charge is 0.494 e. The van der Waals surface area contributed by atoms with Gasteiger partial charge in [0.2, 0.25) is 0 Å². The second-order valence-electron chi connectivity index (χ2n) is 8.28. The molecule has 0 spiro atoms. The number of Topliss-reactive ketones (excluding diaryl/α,β-unsaturated/α-hetero) is 1. The van der Waals surface area contributed by atoms with E-state index in [9.17, 15) is 4.79 Å². The van der Waals surface area contributed by atoms with Crippen molar-refractivity contribution < 1.29 is 19.6 Å². The average Bonchev–Trinajstić information content (AvgIpc) is 2.84. The summed E-state index contributed by atoms with van der Waals surface area (Å²) in [4.78, 5) is 12.2. The molecule has 2 rings (SSSR count). The van der Waals surface area contributed by atoms with Crippen LogP contribution in [-0.2, 0) is 0 Å². The Labute approximate surface area is 203 Å². The van der Waals surface area contributed by atoms with E-state index in [1.807, 2.05) is 30.3 Å². The van der Waals surface area contributed by atoms with Crippen molar-refractivity contribution >= 4 is 36.2 Å². The zero-order valence-electron chi connectivity index (χ0n) is 19.6. The van der Waals surface area contributed by atoms with Crippen LogP contribution in [0.5, 0.6) is 5.75 Å². The number of ether oxygens (including phenoxy) is 1. The SMILES string of the molecule is C=Cc1ccc(OCCCCCCCCCCCSCC(=O)c2ccc(B(O)O)cc2)cc1. The highest BCUT2D eigenvalue weighted by atomic mass is 32.2. The van der Waals surface area contributed by atoms with Gasteiger partial charge in [0.25, 0.3) is 0 Å². The molecule has 0 aliphatic rings. The highest BCUT2D eigenvalue weighted by Crippen LogP contribution is 2.15. The van der Waals surface area contributed by atoms with Crippen molar-refractivity contribution in [1.82, 2.24) is 0 Å². The quantitative estimate of drug-likeness (QED) is 0.171. The molecule has 0 atom stereocenters. The lowest BCUT2D eigenvalue weighted by Crippen LogP contribution is -2.29. The standard InChI is InChI=1S/C27H37BO4S/c1-2-23-12-18-26(19-13-23)32-20-10-8-6-4-3-5-7-9-11-21-33-22-27(29)24-14-16-25(17-15-24)28(30)31/h2,12-19,30-31H,1,3-11,20-22H2. The van der Waals surface area contributed by atoms with Gasteiger partial charge >= 0.3 is 7.12 Å². The second kappa shape index (κ2) is 16.6. The second-order valence-corrected chi connectivity index (χ2v) is 9.38. The monoisotopic (exact) mass is 468 g/mol. The zero-order valence-corrected chi connectivity index (χ0v) is 20.4. The van der Waals surface area contributed by atoms with Crippen molar-refractivity contribution in [2.75, 3.05) is 18.1 Å². The molecule has 0 aliphatic carbocycles. The molecular formula is C27H37BO4S. The number of rotatable bonds is 18. The molecule has 6 heteroatoms. The van der Waals surface area contributed by atoms with E-state index in [1.54, 1.807) is 36.0 Å². The molecule has 0 amide bonds. The minimum absolute atomic E-state index is 0.0926. The summed E-state index contributed by atoms with van der Waals surface area (Å²) in [6.07, 6.45) is 13.0. The lowest BCUT2D eigenvalue weighted by Gasteiger charge is -2.06. The van der Waals surface area contributed by atoms with Crippen molar-refractivity contribution in [3.63, 3.8) is 0 Å². The minimum atomic E-state index is -1.49. The van der Waals surface area contributed by atoms with Crippen molar-refractivity contribution in [1.29, 1.82) is 0 Å². The van der Waals surface area contributed by atoms with Crippen LogP contribution in [0.1, 0.15) is 73.7 Å². The van der Waals surface area contributed by atoms with E-state index in [2.05, 4.69) is 6.58 Å². The molecule has 0 bridgehead atoms. The number of unbranched alkanes of at least 4 members (excludes halogenated alkanes) is 8. The highest BCUT2D eigenvalue weighted by molar-refractivity contribution is 7.99. The van der Waals surface area contributed by atoms with Gasteiger partial charge in [0.1, 0.15) is 5.75 Å². The topological polar surface area (TPSA) is 66.8 Å². The van der Waals surface area contributed by atoms with Crippen LogP contribution < -0.4 is 10.2 Å². The normalized spacial score (nSPS) is 10.7. The van der Waals surface area contributed by atoms with Crippen LogP contribution in [0.3, 0.4) is 0 Å². The molecule has 0 fully saturated rings. The number of benzene rings is 2. The smallest absolute Gasteiger partial charge is 0.488 e. The molecule has 0 radical (unpaired) electrons. The van der Waals surface area contributed by atoms with E-state index >= 15 is 0 Å². The first-order chi connectivity index (χ1) is 16.1. The van der Waals surface area contributed by atoms with E-state index in [0.29, 0.717) is 16.8 Å². The Morgan fingerprint density at radius 1 is 0.848 bits per heavy atom. The molecule has 0 heterocycles. The number of hydrogen-bond donors (Lipinski definition) is 2. The molecule has 0 unspecified atom stereocenters. The van der Waals surface area contributed by atoms with E-state index in [4.69, 9.17) is 14.8 Å². The molecular weight excluding hydrogens is 431 g/mol. The van der Waals surface area contributed by atoms with Crippen molar-refractivity contribution in [2.24, 2.45) is 0 Å². The van der Waals surface area contributed by atoms with Gasteiger partial charge in [-0.15, -0.1) is 0 Å².